The Kier molecular flexibility index (Phi) is 5.06. The molecule has 7 nitrogen and oxygen atoms in total. The van der Waals surface area contributed by atoms with Gasteiger partial charge < -0.3 is 15.2 Å². The molecule has 2 aromatic rings. The standard InChI is InChI=1S/C21H27N3O4/c1-6-28-17-12-21(19(26)27,20(17,4)5)22-18(25)15-7-9-16(10-8-15)24-14(3)11-13(2)23-24/h7-11,17H,6,12H2,1-5H3,(H,22,25)(H,26,27). The third-order valence-electron chi connectivity index (χ3n) is 5.84. The number of benzene rings is 1. The summed E-state index contributed by atoms with van der Waals surface area (Å²) in [6, 6.07) is 8.95. The number of hydrogen-bond acceptors (Lipinski definition) is 4. The number of carboxylic acid groups (broad SMARTS) is 1. The van der Waals surface area contributed by atoms with Crippen LogP contribution in [0.15, 0.2) is 30.3 Å². The molecule has 1 saturated carbocycles. The summed E-state index contributed by atoms with van der Waals surface area (Å²) in [6.07, 6.45) is 0.0426. The fraction of sp³-hybridized carbons (Fsp3) is 0.476. The van der Waals surface area contributed by atoms with E-state index in [0.717, 1.165) is 17.1 Å². The maximum atomic E-state index is 12.8. The molecule has 1 aliphatic carbocycles. The molecule has 28 heavy (non-hydrogen) atoms. The smallest absolute Gasteiger partial charge is 0.330 e. The van der Waals surface area contributed by atoms with E-state index in [1.165, 1.54) is 0 Å². The summed E-state index contributed by atoms with van der Waals surface area (Å²) in [7, 11) is 0. The van der Waals surface area contributed by atoms with Crippen LogP contribution in [0.25, 0.3) is 5.69 Å². The highest BCUT2D eigenvalue weighted by Crippen LogP contribution is 2.51. The lowest BCUT2D eigenvalue weighted by atomic mass is 9.54. The van der Waals surface area contributed by atoms with Gasteiger partial charge in [-0.05, 0) is 51.1 Å². The summed E-state index contributed by atoms with van der Waals surface area (Å²) in [5.41, 5.74) is 1.10. The summed E-state index contributed by atoms with van der Waals surface area (Å²) < 4.78 is 7.44. The maximum absolute atomic E-state index is 12.8. The average molecular weight is 385 g/mol. The number of nitrogens with one attached hydrogen (secondary N) is 1. The van der Waals surface area contributed by atoms with Crippen LogP contribution < -0.4 is 5.32 Å². The van der Waals surface area contributed by atoms with Crippen molar-refractivity contribution in [3.8, 4) is 5.69 Å². The zero-order valence-electron chi connectivity index (χ0n) is 16.9. The van der Waals surface area contributed by atoms with Crippen molar-refractivity contribution in [2.24, 2.45) is 5.41 Å². The van der Waals surface area contributed by atoms with Crippen LogP contribution in [0.2, 0.25) is 0 Å². The summed E-state index contributed by atoms with van der Waals surface area (Å²) in [4.78, 5) is 24.8. The van der Waals surface area contributed by atoms with E-state index in [-0.39, 0.29) is 12.5 Å². The molecule has 0 saturated heterocycles. The number of ether oxygens (including phenoxy) is 1. The van der Waals surface area contributed by atoms with Crippen LogP contribution in [0.3, 0.4) is 0 Å². The Labute approximate surface area is 164 Å². The van der Waals surface area contributed by atoms with E-state index in [0.29, 0.717) is 12.2 Å². The van der Waals surface area contributed by atoms with E-state index < -0.39 is 22.8 Å². The summed E-state index contributed by atoms with van der Waals surface area (Å²) in [6.45, 7) is 9.90. The number of nitrogens with zero attached hydrogens (tertiary/aromatic N) is 2. The third kappa shape index (κ3) is 3.09. The Balaban J connectivity index is 1.80. The highest BCUT2D eigenvalue weighted by Gasteiger charge is 2.66. The van der Waals surface area contributed by atoms with Gasteiger partial charge in [0, 0.05) is 29.7 Å². The van der Waals surface area contributed by atoms with Gasteiger partial charge in [0.15, 0.2) is 0 Å². The maximum Gasteiger partial charge on any atom is 0.330 e. The van der Waals surface area contributed by atoms with Gasteiger partial charge >= 0.3 is 5.97 Å². The molecule has 0 spiro atoms. The number of carbonyl (C=O) groups excluding carboxylic acids is 1. The van der Waals surface area contributed by atoms with E-state index in [1.54, 1.807) is 28.9 Å². The van der Waals surface area contributed by atoms with Gasteiger partial charge in [-0.1, -0.05) is 13.8 Å². The molecule has 3 rings (SSSR count). The van der Waals surface area contributed by atoms with E-state index in [1.807, 2.05) is 40.7 Å². The zero-order valence-corrected chi connectivity index (χ0v) is 16.9. The fourth-order valence-electron chi connectivity index (χ4n) is 3.95. The zero-order chi connectivity index (χ0) is 20.7. The summed E-state index contributed by atoms with van der Waals surface area (Å²) >= 11 is 0. The number of amides is 1. The van der Waals surface area contributed by atoms with Gasteiger partial charge in [0.2, 0.25) is 0 Å². The van der Waals surface area contributed by atoms with Gasteiger partial charge in [0.1, 0.15) is 5.54 Å². The lowest BCUT2D eigenvalue weighted by Gasteiger charge is -2.58. The summed E-state index contributed by atoms with van der Waals surface area (Å²) in [5, 5.41) is 17.0. The Morgan fingerprint density at radius 3 is 2.39 bits per heavy atom. The van der Waals surface area contributed by atoms with Crippen molar-refractivity contribution in [2.75, 3.05) is 6.61 Å². The number of aromatic nitrogens is 2. The second kappa shape index (κ2) is 7.05. The Morgan fingerprint density at radius 1 is 1.29 bits per heavy atom. The molecule has 0 aliphatic heterocycles. The van der Waals surface area contributed by atoms with Gasteiger partial charge in [-0.15, -0.1) is 0 Å². The van der Waals surface area contributed by atoms with Gasteiger partial charge in [-0.25, -0.2) is 9.48 Å². The van der Waals surface area contributed by atoms with Crippen LogP contribution in [0.1, 0.15) is 48.9 Å². The van der Waals surface area contributed by atoms with Gasteiger partial charge in [-0.2, -0.15) is 5.10 Å². The number of hydrogen-bond donors (Lipinski definition) is 2. The molecule has 150 valence electrons. The molecule has 1 aromatic carbocycles. The van der Waals surface area contributed by atoms with Crippen molar-refractivity contribution in [3.05, 3.63) is 47.3 Å². The topological polar surface area (TPSA) is 93.5 Å². The molecule has 0 radical (unpaired) electrons. The van der Waals surface area contributed by atoms with Crippen molar-refractivity contribution in [1.29, 1.82) is 0 Å². The summed E-state index contributed by atoms with van der Waals surface area (Å²) in [5.74, 6) is -1.45. The third-order valence-corrected chi connectivity index (χ3v) is 5.84. The van der Waals surface area contributed by atoms with Crippen LogP contribution >= 0.6 is 0 Å². The van der Waals surface area contributed by atoms with E-state index >= 15 is 0 Å². The van der Waals surface area contributed by atoms with Gasteiger partial charge in [0.05, 0.1) is 17.5 Å². The van der Waals surface area contributed by atoms with Crippen LogP contribution in [0, 0.1) is 19.3 Å². The predicted octanol–water partition coefficient (Wildman–Crippen LogP) is 2.88. The fourth-order valence-corrected chi connectivity index (χ4v) is 3.95. The Hall–Kier alpha value is -2.67. The lowest BCUT2D eigenvalue weighted by Crippen LogP contribution is -2.76. The minimum atomic E-state index is -1.35. The molecule has 1 heterocycles. The number of rotatable bonds is 6. The SMILES string of the molecule is CCOC1CC(NC(=O)c2ccc(-n3nc(C)cc3C)cc2)(C(=O)O)C1(C)C. The van der Waals surface area contributed by atoms with Crippen molar-refractivity contribution >= 4 is 11.9 Å². The second-order valence-electron chi connectivity index (χ2n) is 7.92. The van der Waals surface area contributed by atoms with E-state index in [4.69, 9.17) is 4.74 Å². The van der Waals surface area contributed by atoms with Crippen molar-refractivity contribution in [3.63, 3.8) is 0 Å². The van der Waals surface area contributed by atoms with Crippen molar-refractivity contribution < 1.29 is 19.4 Å². The lowest BCUT2D eigenvalue weighted by molar-refractivity contribution is -0.190. The average Bonchev–Trinajstić information content (AvgIpc) is 2.98. The number of carboxylic acids is 1. The number of aryl methyl sites for hydroxylation is 2. The highest BCUT2D eigenvalue weighted by atomic mass is 16.5. The number of aliphatic carboxylic acids is 1. The van der Waals surface area contributed by atoms with Crippen molar-refractivity contribution in [1.82, 2.24) is 15.1 Å². The normalized spacial score (nSPS) is 23.1. The first kappa shape index (κ1) is 20.1. The number of carbonyl (C=O) groups is 2. The minimum Gasteiger partial charge on any atom is -0.479 e. The molecule has 2 unspecified atom stereocenters. The molecule has 1 fully saturated rings. The molecule has 1 aromatic heterocycles. The van der Waals surface area contributed by atoms with Crippen LogP contribution in [-0.2, 0) is 9.53 Å². The van der Waals surface area contributed by atoms with Crippen LogP contribution in [0.5, 0.6) is 0 Å². The minimum absolute atomic E-state index is 0.206. The highest BCUT2D eigenvalue weighted by molar-refractivity contribution is 5.99. The quantitative estimate of drug-likeness (QED) is 0.797. The Morgan fingerprint density at radius 2 is 1.93 bits per heavy atom. The van der Waals surface area contributed by atoms with Gasteiger partial charge in [0.25, 0.3) is 5.91 Å². The molecule has 2 atom stereocenters. The van der Waals surface area contributed by atoms with Crippen molar-refractivity contribution in [2.45, 2.75) is 52.7 Å². The first-order valence-electron chi connectivity index (χ1n) is 9.43. The van der Waals surface area contributed by atoms with E-state index in [2.05, 4.69) is 10.4 Å². The van der Waals surface area contributed by atoms with E-state index in [9.17, 15) is 14.7 Å². The first-order valence-corrected chi connectivity index (χ1v) is 9.43. The molecular formula is C21H27N3O4. The molecular weight excluding hydrogens is 358 g/mol. The molecule has 1 aliphatic rings. The molecule has 7 heteroatoms. The second-order valence-corrected chi connectivity index (χ2v) is 7.92. The molecule has 1 amide bonds. The molecule has 2 N–H and O–H groups in total. The predicted molar refractivity (Wildman–Crippen MR) is 105 cm³/mol. The van der Waals surface area contributed by atoms with Gasteiger partial charge in [-0.3, -0.25) is 4.79 Å². The Bertz CT molecular complexity index is 901. The monoisotopic (exact) mass is 385 g/mol. The first-order chi connectivity index (χ1) is 13.1. The van der Waals surface area contributed by atoms with Crippen LogP contribution in [0.4, 0.5) is 0 Å². The molecule has 0 bridgehead atoms. The largest absolute Gasteiger partial charge is 0.479 e. The van der Waals surface area contributed by atoms with Crippen LogP contribution in [-0.4, -0.2) is 45.0 Å².